The van der Waals surface area contributed by atoms with Crippen molar-refractivity contribution in [2.75, 3.05) is 13.1 Å². The van der Waals surface area contributed by atoms with Gasteiger partial charge in [-0.25, -0.2) is 4.39 Å². The van der Waals surface area contributed by atoms with Crippen LogP contribution in [0.4, 0.5) is 4.39 Å². The number of benzene rings is 1. The first kappa shape index (κ1) is 13.5. The fraction of sp³-hybridized carbons (Fsp3) is 0.462. The summed E-state index contributed by atoms with van der Waals surface area (Å²) < 4.78 is 13.8. The predicted octanol–water partition coefficient (Wildman–Crippen LogP) is 2.40. The molecular weight excluding hydrogens is 299 g/mol. The zero-order valence-corrected chi connectivity index (χ0v) is 11.8. The molecule has 0 bridgehead atoms. The van der Waals surface area contributed by atoms with Gasteiger partial charge in [-0.15, -0.1) is 0 Å². The van der Waals surface area contributed by atoms with E-state index >= 15 is 0 Å². The Morgan fingerprint density at radius 2 is 2.33 bits per heavy atom. The van der Waals surface area contributed by atoms with Gasteiger partial charge in [0.05, 0.1) is 5.56 Å². The summed E-state index contributed by atoms with van der Waals surface area (Å²) >= 11 is 3.28. The lowest BCUT2D eigenvalue weighted by molar-refractivity contribution is 0.0784. The first-order valence-corrected chi connectivity index (χ1v) is 6.78. The summed E-state index contributed by atoms with van der Waals surface area (Å²) in [4.78, 5) is 14.0. The average Bonchev–Trinajstić information content (AvgIpc) is 2.81. The van der Waals surface area contributed by atoms with E-state index in [1.807, 2.05) is 6.92 Å². The molecule has 1 amide bonds. The Hall–Kier alpha value is -0.940. The van der Waals surface area contributed by atoms with Crippen LogP contribution in [0.5, 0.6) is 0 Å². The van der Waals surface area contributed by atoms with E-state index in [1.54, 1.807) is 11.0 Å². The van der Waals surface area contributed by atoms with E-state index in [-0.39, 0.29) is 11.9 Å². The molecule has 0 spiro atoms. The minimum absolute atomic E-state index is 0.0822. The minimum Gasteiger partial charge on any atom is -0.338 e. The maximum Gasteiger partial charge on any atom is 0.255 e. The number of nitrogens with zero attached hydrogens (tertiary/aromatic N) is 1. The quantitative estimate of drug-likeness (QED) is 0.911. The first-order chi connectivity index (χ1) is 8.49. The third-order valence-corrected chi connectivity index (χ3v) is 4.11. The highest BCUT2D eigenvalue weighted by atomic mass is 79.9. The Morgan fingerprint density at radius 1 is 1.61 bits per heavy atom. The molecule has 2 atom stereocenters. The molecule has 18 heavy (non-hydrogen) atoms. The Morgan fingerprint density at radius 3 is 2.94 bits per heavy atom. The molecular formula is C13H16BrFN2O. The van der Waals surface area contributed by atoms with E-state index in [9.17, 15) is 9.18 Å². The molecule has 1 fully saturated rings. The number of hydrogen-bond donors (Lipinski definition) is 1. The van der Waals surface area contributed by atoms with Crippen LogP contribution in [0.1, 0.15) is 23.7 Å². The van der Waals surface area contributed by atoms with Crippen LogP contribution in [-0.2, 0) is 0 Å². The molecule has 3 nitrogen and oxygen atoms in total. The van der Waals surface area contributed by atoms with Gasteiger partial charge in [0, 0.05) is 23.6 Å². The second-order valence-electron chi connectivity index (χ2n) is 4.78. The van der Waals surface area contributed by atoms with Gasteiger partial charge in [0.15, 0.2) is 0 Å². The van der Waals surface area contributed by atoms with Crippen molar-refractivity contribution in [3.8, 4) is 0 Å². The van der Waals surface area contributed by atoms with Gasteiger partial charge in [0.25, 0.3) is 5.91 Å². The molecule has 98 valence electrons. The normalized spacial score (nSPS) is 21.1. The SMILES string of the molecule is CC(N)C1CCN(C(=O)c2cc(F)ccc2Br)C1. The summed E-state index contributed by atoms with van der Waals surface area (Å²) in [5.41, 5.74) is 6.22. The maximum absolute atomic E-state index is 13.2. The second-order valence-corrected chi connectivity index (χ2v) is 5.64. The Bertz CT molecular complexity index is 464. The van der Waals surface area contributed by atoms with E-state index in [4.69, 9.17) is 5.73 Å². The Labute approximate surface area is 114 Å². The van der Waals surface area contributed by atoms with Gasteiger partial charge < -0.3 is 10.6 Å². The molecule has 1 aromatic rings. The van der Waals surface area contributed by atoms with Crippen molar-refractivity contribution in [3.05, 3.63) is 34.1 Å². The van der Waals surface area contributed by atoms with E-state index in [1.165, 1.54) is 12.1 Å². The first-order valence-electron chi connectivity index (χ1n) is 5.99. The number of nitrogens with two attached hydrogens (primary N) is 1. The van der Waals surface area contributed by atoms with E-state index in [2.05, 4.69) is 15.9 Å². The Balaban J connectivity index is 2.15. The molecule has 0 saturated carbocycles. The summed E-state index contributed by atoms with van der Waals surface area (Å²) in [7, 11) is 0. The smallest absolute Gasteiger partial charge is 0.255 e. The molecule has 0 radical (unpaired) electrons. The van der Waals surface area contributed by atoms with E-state index in [0.29, 0.717) is 29.0 Å². The standard InChI is InChI=1S/C13H16BrFN2O/c1-8(16)9-4-5-17(7-9)13(18)11-6-10(15)2-3-12(11)14/h2-3,6,8-9H,4-5,7,16H2,1H3. The third kappa shape index (κ3) is 2.72. The molecule has 1 aromatic carbocycles. The number of halogens is 2. The molecule has 1 aliphatic rings. The van der Waals surface area contributed by atoms with Gasteiger partial charge in [-0.3, -0.25) is 4.79 Å². The third-order valence-electron chi connectivity index (χ3n) is 3.41. The number of carbonyl (C=O) groups is 1. The lowest BCUT2D eigenvalue weighted by Crippen LogP contribution is -2.33. The van der Waals surface area contributed by atoms with Crippen molar-refractivity contribution in [2.45, 2.75) is 19.4 Å². The summed E-state index contributed by atoms with van der Waals surface area (Å²) in [5.74, 6) is -0.199. The van der Waals surface area contributed by atoms with Crippen molar-refractivity contribution < 1.29 is 9.18 Å². The molecule has 2 N–H and O–H groups in total. The Kier molecular flexibility index (Phi) is 4.02. The number of hydrogen-bond acceptors (Lipinski definition) is 2. The zero-order chi connectivity index (χ0) is 13.3. The topological polar surface area (TPSA) is 46.3 Å². The van der Waals surface area contributed by atoms with Gasteiger partial charge in [0.1, 0.15) is 5.82 Å². The average molecular weight is 315 g/mol. The van der Waals surface area contributed by atoms with Crippen molar-refractivity contribution in [1.29, 1.82) is 0 Å². The van der Waals surface area contributed by atoms with Gasteiger partial charge in [-0.2, -0.15) is 0 Å². The van der Waals surface area contributed by atoms with Crippen LogP contribution >= 0.6 is 15.9 Å². The van der Waals surface area contributed by atoms with Crippen LogP contribution in [0.25, 0.3) is 0 Å². The molecule has 5 heteroatoms. The van der Waals surface area contributed by atoms with Gasteiger partial charge >= 0.3 is 0 Å². The lowest BCUT2D eigenvalue weighted by atomic mass is 10.0. The van der Waals surface area contributed by atoms with Crippen LogP contribution in [-0.4, -0.2) is 29.9 Å². The molecule has 1 heterocycles. The fourth-order valence-corrected chi connectivity index (χ4v) is 2.65. The van der Waals surface area contributed by atoms with E-state index in [0.717, 1.165) is 6.42 Å². The summed E-state index contributed by atoms with van der Waals surface area (Å²) in [6, 6.07) is 4.24. The molecule has 0 aliphatic carbocycles. The molecule has 2 rings (SSSR count). The monoisotopic (exact) mass is 314 g/mol. The molecule has 2 unspecified atom stereocenters. The largest absolute Gasteiger partial charge is 0.338 e. The zero-order valence-electron chi connectivity index (χ0n) is 10.2. The summed E-state index contributed by atoms with van der Waals surface area (Å²) in [5, 5.41) is 0. The highest BCUT2D eigenvalue weighted by Crippen LogP contribution is 2.24. The molecule has 1 aliphatic heterocycles. The fourth-order valence-electron chi connectivity index (χ4n) is 2.23. The number of carbonyl (C=O) groups excluding carboxylic acids is 1. The van der Waals surface area contributed by atoms with Crippen LogP contribution in [0.3, 0.4) is 0 Å². The van der Waals surface area contributed by atoms with Crippen LogP contribution in [0.15, 0.2) is 22.7 Å². The van der Waals surface area contributed by atoms with Crippen LogP contribution < -0.4 is 5.73 Å². The van der Waals surface area contributed by atoms with Gasteiger partial charge in [-0.05, 0) is 53.4 Å². The number of rotatable bonds is 2. The minimum atomic E-state index is -0.399. The van der Waals surface area contributed by atoms with Crippen molar-refractivity contribution >= 4 is 21.8 Å². The summed E-state index contributed by atoms with van der Waals surface area (Å²) in [6.07, 6.45) is 0.913. The number of amides is 1. The maximum atomic E-state index is 13.2. The lowest BCUT2D eigenvalue weighted by Gasteiger charge is -2.18. The highest BCUT2D eigenvalue weighted by molar-refractivity contribution is 9.10. The van der Waals surface area contributed by atoms with E-state index < -0.39 is 5.82 Å². The van der Waals surface area contributed by atoms with Gasteiger partial charge in [0.2, 0.25) is 0 Å². The van der Waals surface area contributed by atoms with Crippen LogP contribution in [0, 0.1) is 11.7 Å². The van der Waals surface area contributed by atoms with Crippen LogP contribution in [0.2, 0.25) is 0 Å². The summed E-state index contributed by atoms with van der Waals surface area (Å²) in [6.45, 7) is 3.30. The van der Waals surface area contributed by atoms with Crippen molar-refractivity contribution in [2.24, 2.45) is 11.7 Å². The molecule has 0 aromatic heterocycles. The van der Waals surface area contributed by atoms with Gasteiger partial charge in [-0.1, -0.05) is 0 Å². The van der Waals surface area contributed by atoms with Crippen molar-refractivity contribution in [1.82, 2.24) is 4.90 Å². The highest BCUT2D eigenvalue weighted by Gasteiger charge is 2.29. The number of likely N-dealkylation sites (tertiary alicyclic amines) is 1. The molecule has 1 saturated heterocycles. The predicted molar refractivity (Wildman–Crippen MR) is 71.8 cm³/mol. The van der Waals surface area contributed by atoms with Crippen molar-refractivity contribution in [3.63, 3.8) is 0 Å². The second kappa shape index (κ2) is 5.36.